The summed E-state index contributed by atoms with van der Waals surface area (Å²) in [6, 6.07) is 0. The molecular formula is C16H28Cl2N4O. The molecule has 1 atom stereocenters. The monoisotopic (exact) mass is 362 g/mol. The third-order valence-electron chi connectivity index (χ3n) is 4.89. The molecule has 1 aliphatic heterocycles. The van der Waals surface area contributed by atoms with Gasteiger partial charge in [-0.3, -0.25) is 4.79 Å². The number of hydrogen-bond donors (Lipinski definition) is 2. The molecule has 5 nitrogen and oxygen atoms in total. The van der Waals surface area contributed by atoms with Gasteiger partial charge in [-0.25, -0.2) is 4.98 Å². The molecule has 132 valence electrons. The summed E-state index contributed by atoms with van der Waals surface area (Å²) in [6.45, 7) is 7.99. The van der Waals surface area contributed by atoms with E-state index in [4.69, 9.17) is 0 Å². The topological polar surface area (TPSA) is 59.0 Å². The summed E-state index contributed by atoms with van der Waals surface area (Å²) in [5.74, 6) is 1.98. The first-order chi connectivity index (χ1) is 10.1. The lowest BCUT2D eigenvalue weighted by Crippen LogP contribution is -2.33. The molecule has 7 heteroatoms. The van der Waals surface area contributed by atoms with Gasteiger partial charge in [0.25, 0.3) is 0 Å². The number of piperidine rings is 1. The predicted octanol–water partition coefficient (Wildman–Crippen LogP) is 2.39. The van der Waals surface area contributed by atoms with Crippen LogP contribution >= 0.6 is 24.8 Å². The van der Waals surface area contributed by atoms with Crippen molar-refractivity contribution in [1.29, 1.82) is 0 Å². The van der Waals surface area contributed by atoms with Crippen molar-refractivity contribution in [1.82, 2.24) is 20.2 Å². The Hall–Kier alpha value is -0.780. The second kappa shape index (κ2) is 8.36. The number of aromatic nitrogens is 2. The minimum Gasteiger partial charge on any atom is -0.349 e. The Kier molecular flexibility index (Phi) is 7.36. The number of nitrogens with one attached hydrogen (secondary N) is 2. The molecule has 1 aromatic heterocycles. The van der Waals surface area contributed by atoms with Gasteiger partial charge in [-0.1, -0.05) is 13.8 Å². The number of amides is 1. The van der Waals surface area contributed by atoms with Crippen LogP contribution in [0.1, 0.15) is 38.9 Å². The van der Waals surface area contributed by atoms with Gasteiger partial charge in [-0.15, -0.1) is 24.8 Å². The molecule has 1 aliphatic carbocycles. The first-order valence-corrected chi connectivity index (χ1v) is 8.09. The lowest BCUT2D eigenvalue weighted by atomic mass is 9.92. The summed E-state index contributed by atoms with van der Waals surface area (Å²) in [5.41, 5.74) is 0.308. The highest BCUT2D eigenvalue weighted by Crippen LogP contribution is 2.58. The summed E-state index contributed by atoms with van der Waals surface area (Å²) < 4.78 is 2.14. The third kappa shape index (κ3) is 4.61. The Morgan fingerprint density at radius 3 is 2.78 bits per heavy atom. The van der Waals surface area contributed by atoms with Crippen LogP contribution in [-0.4, -0.2) is 28.5 Å². The quantitative estimate of drug-likeness (QED) is 0.845. The fourth-order valence-corrected chi connectivity index (χ4v) is 3.55. The zero-order chi connectivity index (χ0) is 14.9. The van der Waals surface area contributed by atoms with Crippen molar-refractivity contribution < 1.29 is 4.79 Å². The van der Waals surface area contributed by atoms with Crippen LogP contribution in [0.3, 0.4) is 0 Å². The van der Waals surface area contributed by atoms with Crippen LogP contribution in [0.2, 0.25) is 0 Å². The predicted molar refractivity (Wildman–Crippen MR) is 96.1 cm³/mol. The fraction of sp³-hybridized carbons (Fsp3) is 0.750. The Morgan fingerprint density at radius 2 is 2.13 bits per heavy atom. The van der Waals surface area contributed by atoms with Crippen molar-refractivity contribution in [2.24, 2.45) is 17.3 Å². The van der Waals surface area contributed by atoms with Gasteiger partial charge < -0.3 is 15.2 Å². The van der Waals surface area contributed by atoms with Crippen molar-refractivity contribution in [2.75, 3.05) is 13.1 Å². The molecule has 1 amide bonds. The molecule has 1 saturated carbocycles. The molecular weight excluding hydrogens is 335 g/mol. The van der Waals surface area contributed by atoms with E-state index in [-0.39, 0.29) is 36.6 Å². The van der Waals surface area contributed by atoms with Gasteiger partial charge in [0.15, 0.2) is 0 Å². The Labute approximate surface area is 150 Å². The molecule has 1 aromatic rings. The SMILES string of the molecule is CC(C)Cn1ccnc1CNC(=O)C1CC12CCNCC2.Cl.Cl. The van der Waals surface area contributed by atoms with E-state index in [0.717, 1.165) is 44.7 Å². The van der Waals surface area contributed by atoms with Crippen LogP contribution in [-0.2, 0) is 17.9 Å². The lowest BCUT2D eigenvalue weighted by Gasteiger charge is -2.23. The fourth-order valence-electron chi connectivity index (χ4n) is 3.55. The maximum Gasteiger partial charge on any atom is 0.224 e. The van der Waals surface area contributed by atoms with Gasteiger partial charge in [0.2, 0.25) is 5.91 Å². The summed E-state index contributed by atoms with van der Waals surface area (Å²) in [5, 5.41) is 6.46. The number of carbonyl (C=O) groups is 1. The van der Waals surface area contributed by atoms with Gasteiger partial charge in [-0.2, -0.15) is 0 Å². The molecule has 1 saturated heterocycles. The third-order valence-corrected chi connectivity index (χ3v) is 4.89. The zero-order valence-corrected chi connectivity index (χ0v) is 15.5. The van der Waals surface area contributed by atoms with E-state index in [1.54, 1.807) is 0 Å². The van der Waals surface area contributed by atoms with Crippen LogP contribution in [0.5, 0.6) is 0 Å². The standard InChI is InChI=1S/C16H26N4O.2ClH/c1-12(2)11-20-8-7-18-14(20)10-19-15(21)13-9-16(13)3-5-17-6-4-16;;/h7-8,12-13,17H,3-6,9-11H2,1-2H3,(H,19,21);2*1H. The molecule has 0 bridgehead atoms. The number of imidazole rings is 1. The zero-order valence-electron chi connectivity index (χ0n) is 13.9. The van der Waals surface area contributed by atoms with Gasteiger partial charge in [0, 0.05) is 24.9 Å². The number of hydrogen-bond acceptors (Lipinski definition) is 3. The normalized spacial score (nSPS) is 21.4. The van der Waals surface area contributed by atoms with E-state index in [1.807, 2.05) is 12.4 Å². The molecule has 1 unspecified atom stereocenters. The highest BCUT2D eigenvalue weighted by atomic mass is 35.5. The molecule has 3 rings (SSSR count). The summed E-state index contributed by atoms with van der Waals surface area (Å²) >= 11 is 0. The van der Waals surface area contributed by atoms with Gasteiger partial charge in [0.1, 0.15) is 5.82 Å². The van der Waals surface area contributed by atoms with Crippen molar-refractivity contribution >= 4 is 30.7 Å². The minimum absolute atomic E-state index is 0. The highest BCUT2D eigenvalue weighted by Gasteiger charge is 2.57. The summed E-state index contributed by atoms with van der Waals surface area (Å²) in [7, 11) is 0. The second-order valence-corrected chi connectivity index (χ2v) is 6.98. The Morgan fingerprint density at radius 1 is 1.43 bits per heavy atom. The second-order valence-electron chi connectivity index (χ2n) is 6.98. The number of nitrogens with zero attached hydrogens (tertiary/aromatic N) is 2. The summed E-state index contributed by atoms with van der Waals surface area (Å²) in [6.07, 6.45) is 7.17. The Bertz CT molecular complexity index is 512. The summed E-state index contributed by atoms with van der Waals surface area (Å²) in [4.78, 5) is 16.7. The van der Waals surface area contributed by atoms with Crippen molar-refractivity contribution in [3.8, 4) is 0 Å². The van der Waals surface area contributed by atoms with E-state index in [0.29, 0.717) is 17.9 Å². The number of halogens is 2. The van der Waals surface area contributed by atoms with Crippen LogP contribution < -0.4 is 10.6 Å². The molecule has 2 fully saturated rings. The van der Waals surface area contributed by atoms with Crippen LogP contribution in [0.15, 0.2) is 12.4 Å². The van der Waals surface area contributed by atoms with E-state index >= 15 is 0 Å². The van der Waals surface area contributed by atoms with Gasteiger partial charge >= 0.3 is 0 Å². The van der Waals surface area contributed by atoms with Crippen molar-refractivity contribution in [3.05, 3.63) is 18.2 Å². The van der Waals surface area contributed by atoms with E-state index in [9.17, 15) is 4.79 Å². The van der Waals surface area contributed by atoms with Gasteiger partial charge in [0.05, 0.1) is 6.54 Å². The average molecular weight is 363 g/mol. The van der Waals surface area contributed by atoms with Crippen LogP contribution in [0.25, 0.3) is 0 Å². The smallest absolute Gasteiger partial charge is 0.224 e. The molecule has 0 aromatic carbocycles. The van der Waals surface area contributed by atoms with Gasteiger partial charge in [-0.05, 0) is 43.7 Å². The molecule has 0 radical (unpaired) electrons. The maximum atomic E-state index is 12.3. The maximum absolute atomic E-state index is 12.3. The molecule has 2 heterocycles. The van der Waals surface area contributed by atoms with Crippen molar-refractivity contribution in [2.45, 2.75) is 46.2 Å². The van der Waals surface area contributed by atoms with Crippen LogP contribution in [0.4, 0.5) is 0 Å². The van der Waals surface area contributed by atoms with E-state index in [1.165, 1.54) is 0 Å². The number of carbonyl (C=O) groups excluding carboxylic acids is 1. The largest absolute Gasteiger partial charge is 0.349 e. The van der Waals surface area contributed by atoms with Crippen LogP contribution in [0, 0.1) is 17.3 Å². The average Bonchev–Trinajstić information content (AvgIpc) is 2.96. The molecule has 23 heavy (non-hydrogen) atoms. The Balaban J connectivity index is 0.00000132. The van der Waals surface area contributed by atoms with E-state index < -0.39 is 0 Å². The first-order valence-electron chi connectivity index (χ1n) is 8.09. The highest BCUT2D eigenvalue weighted by molar-refractivity contribution is 5.85. The van der Waals surface area contributed by atoms with E-state index in [2.05, 4.69) is 34.0 Å². The lowest BCUT2D eigenvalue weighted by molar-refractivity contribution is -0.123. The molecule has 2 N–H and O–H groups in total. The minimum atomic E-state index is 0. The molecule has 2 aliphatic rings. The number of rotatable bonds is 5. The first kappa shape index (κ1) is 20.3. The van der Waals surface area contributed by atoms with Crippen molar-refractivity contribution in [3.63, 3.8) is 0 Å². The molecule has 1 spiro atoms.